The number of rotatable bonds is 1. The zero-order chi connectivity index (χ0) is 13.5. The zero-order valence-electron chi connectivity index (χ0n) is 11.3. The normalized spacial score (nSPS) is 31.2. The molecule has 0 radical (unpaired) electrons. The zero-order valence-corrected chi connectivity index (χ0v) is 11.3. The molecule has 4 nitrogen and oxygen atoms in total. The van der Waals surface area contributed by atoms with Crippen LogP contribution in [0.3, 0.4) is 0 Å². The van der Waals surface area contributed by atoms with Crippen molar-refractivity contribution < 1.29 is 9.01 Å². The third-order valence-corrected chi connectivity index (χ3v) is 4.26. The van der Waals surface area contributed by atoms with Crippen molar-refractivity contribution in [2.75, 3.05) is 13.6 Å². The number of para-hydroxylation sites is 1. The van der Waals surface area contributed by atoms with Gasteiger partial charge in [0.2, 0.25) is 0 Å². The fraction of sp³-hybridized carbons (Fsp3) is 0.467. The number of aromatic nitrogens is 1. The molecule has 3 rings (SSSR count). The van der Waals surface area contributed by atoms with Crippen molar-refractivity contribution in [2.45, 2.75) is 25.8 Å². The van der Waals surface area contributed by atoms with Crippen LogP contribution < -0.4 is 0 Å². The molecular weight excluding hydrogens is 238 g/mol. The van der Waals surface area contributed by atoms with Gasteiger partial charge in [0, 0.05) is 12.3 Å². The highest BCUT2D eigenvalue weighted by atomic mass is 16.5. The molecule has 4 heteroatoms. The largest absolute Gasteiger partial charge is 0.356 e. The van der Waals surface area contributed by atoms with Gasteiger partial charge in [-0.3, -0.25) is 0 Å². The summed E-state index contributed by atoms with van der Waals surface area (Å²) in [7, 11) is 2.00. The first-order valence-electron chi connectivity index (χ1n) is 6.75. The van der Waals surface area contributed by atoms with Crippen LogP contribution in [0.1, 0.15) is 31.5 Å². The molecule has 0 spiro atoms. The molecule has 2 aromatic rings. The molecule has 1 aliphatic heterocycles. The lowest BCUT2D eigenvalue weighted by molar-refractivity contribution is -0.887. The van der Waals surface area contributed by atoms with Crippen LogP contribution in [0.15, 0.2) is 28.8 Å². The maximum absolute atomic E-state index is 9.57. The number of fused-ring (bicyclic) bond motifs is 1. The molecule has 3 unspecified atom stereocenters. The molecule has 3 atom stereocenters. The van der Waals surface area contributed by atoms with Crippen LogP contribution in [0.25, 0.3) is 11.0 Å². The minimum atomic E-state index is 0.116. The van der Waals surface area contributed by atoms with Crippen LogP contribution in [0.5, 0.6) is 0 Å². The number of likely N-dealkylation sites (tertiary alicyclic amines) is 1. The fourth-order valence-electron chi connectivity index (χ4n) is 3.26. The summed E-state index contributed by atoms with van der Waals surface area (Å²) in [5.74, 6) is 0.582. The quantitative estimate of drug-likeness (QED) is 0.581. The predicted octanol–water partition coefficient (Wildman–Crippen LogP) is 3.23. The average Bonchev–Trinajstić information content (AvgIpc) is 2.83. The number of piperidine rings is 1. The topological polar surface area (TPSA) is 49.8 Å². The van der Waals surface area contributed by atoms with E-state index in [9.17, 15) is 5.26 Å². The second-order valence-corrected chi connectivity index (χ2v) is 5.81. The summed E-state index contributed by atoms with van der Waals surface area (Å²) >= 11 is 0. The molecule has 1 saturated heterocycles. The van der Waals surface area contributed by atoms with Crippen molar-refractivity contribution in [3.05, 3.63) is 30.0 Å². The minimum Gasteiger partial charge on any atom is -0.356 e. The monoisotopic (exact) mass is 256 g/mol. The second-order valence-electron chi connectivity index (χ2n) is 5.81. The van der Waals surface area contributed by atoms with Gasteiger partial charge in [-0.1, -0.05) is 24.2 Å². The van der Waals surface area contributed by atoms with E-state index in [4.69, 9.17) is 4.52 Å². The lowest BCUT2D eigenvalue weighted by atomic mass is 9.89. The van der Waals surface area contributed by atoms with Crippen LogP contribution in [-0.4, -0.2) is 23.2 Å². The molecule has 0 amide bonds. The number of benzene rings is 1. The van der Waals surface area contributed by atoms with E-state index in [2.05, 4.69) is 18.3 Å². The maximum Gasteiger partial charge on any atom is 0.308 e. The third-order valence-electron chi connectivity index (χ3n) is 4.26. The number of hydrogen-bond acceptors (Lipinski definition) is 3. The summed E-state index contributed by atoms with van der Waals surface area (Å²) in [5, 5.41) is 14.9. The highest BCUT2D eigenvalue weighted by molar-refractivity contribution is 5.79. The molecular formula is C15H18N3O+. The van der Waals surface area contributed by atoms with Gasteiger partial charge in [0.1, 0.15) is 11.7 Å². The van der Waals surface area contributed by atoms with Crippen molar-refractivity contribution in [3.8, 4) is 6.19 Å². The van der Waals surface area contributed by atoms with Gasteiger partial charge >= 0.3 is 6.19 Å². The highest BCUT2D eigenvalue weighted by Crippen LogP contribution is 2.39. The highest BCUT2D eigenvalue weighted by Gasteiger charge is 2.42. The number of nitriles is 1. The van der Waals surface area contributed by atoms with Gasteiger partial charge in [-0.25, -0.2) is 4.48 Å². The van der Waals surface area contributed by atoms with Crippen molar-refractivity contribution in [1.82, 2.24) is 5.16 Å². The van der Waals surface area contributed by atoms with E-state index in [1.165, 1.54) is 0 Å². The van der Waals surface area contributed by atoms with E-state index >= 15 is 0 Å². The Bertz CT molecular complexity index is 642. The van der Waals surface area contributed by atoms with E-state index in [1.54, 1.807) is 0 Å². The molecule has 2 heterocycles. The van der Waals surface area contributed by atoms with Gasteiger partial charge in [0.15, 0.2) is 5.58 Å². The number of hydrogen-bond donors (Lipinski definition) is 0. The minimum absolute atomic E-state index is 0.116. The summed E-state index contributed by atoms with van der Waals surface area (Å²) < 4.78 is 5.78. The molecule has 0 N–H and O–H groups in total. The smallest absolute Gasteiger partial charge is 0.308 e. The molecule has 1 aromatic heterocycles. The molecule has 1 aromatic carbocycles. The Hall–Kier alpha value is -1.86. The lowest BCUT2D eigenvalue weighted by Crippen LogP contribution is -2.48. The predicted molar refractivity (Wildman–Crippen MR) is 71.8 cm³/mol. The Balaban J connectivity index is 2.08. The van der Waals surface area contributed by atoms with Gasteiger partial charge in [-0.05, 0) is 18.6 Å². The first kappa shape index (κ1) is 12.2. The van der Waals surface area contributed by atoms with Crippen molar-refractivity contribution >= 4 is 11.0 Å². The molecule has 0 aliphatic carbocycles. The average molecular weight is 256 g/mol. The Morgan fingerprint density at radius 2 is 2.16 bits per heavy atom. The van der Waals surface area contributed by atoms with Gasteiger partial charge in [0.25, 0.3) is 0 Å². The molecule has 0 bridgehead atoms. The number of quaternary nitrogens is 1. The Morgan fingerprint density at radius 1 is 1.37 bits per heavy atom. The molecule has 98 valence electrons. The van der Waals surface area contributed by atoms with Crippen LogP contribution in [-0.2, 0) is 0 Å². The summed E-state index contributed by atoms with van der Waals surface area (Å²) in [4.78, 5) is 0. The van der Waals surface area contributed by atoms with E-state index < -0.39 is 0 Å². The van der Waals surface area contributed by atoms with Crippen molar-refractivity contribution in [1.29, 1.82) is 5.26 Å². The van der Waals surface area contributed by atoms with E-state index in [0.717, 1.165) is 36.0 Å². The Morgan fingerprint density at radius 3 is 2.95 bits per heavy atom. The van der Waals surface area contributed by atoms with Crippen LogP contribution >= 0.6 is 0 Å². The SMILES string of the molecule is CC1CCC(c2noc3ccccc23)[N+](C)(C#N)C1. The van der Waals surface area contributed by atoms with E-state index in [1.807, 2.05) is 31.3 Å². The summed E-state index contributed by atoms with van der Waals surface area (Å²) in [6.07, 6.45) is 4.60. The first-order valence-corrected chi connectivity index (χ1v) is 6.75. The first-order chi connectivity index (χ1) is 9.14. The summed E-state index contributed by atoms with van der Waals surface area (Å²) in [6.45, 7) is 3.09. The number of nitrogens with zero attached hydrogens (tertiary/aromatic N) is 3. The van der Waals surface area contributed by atoms with E-state index in [-0.39, 0.29) is 6.04 Å². The van der Waals surface area contributed by atoms with Gasteiger partial charge in [-0.2, -0.15) is 0 Å². The molecule has 1 fully saturated rings. The summed E-state index contributed by atoms with van der Waals surface area (Å²) in [5.41, 5.74) is 1.74. The van der Waals surface area contributed by atoms with Crippen LogP contribution in [0, 0.1) is 17.4 Å². The Kier molecular flexibility index (Phi) is 2.79. The lowest BCUT2D eigenvalue weighted by Gasteiger charge is -2.39. The molecule has 19 heavy (non-hydrogen) atoms. The van der Waals surface area contributed by atoms with E-state index in [0.29, 0.717) is 10.4 Å². The van der Waals surface area contributed by atoms with Crippen molar-refractivity contribution in [3.63, 3.8) is 0 Å². The maximum atomic E-state index is 9.57. The van der Waals surface area contributed by atoms with Gasteiger partial charge < -0.3 is 4.52 Å². The summed E-state index contributed by atoms with van der Waals surface area (Å²) in [6, 6.07) is 8.00. The standard InChI is InChI=1S/C15H18N3O/c1-11-7-8-13(18(2,9-11)10-16)15-12-5-3-4-6-14(12)19-17-15/h3-6,11,13H,7-9H2,1-2H3/q+1. The van der Waals surface area contributed by atoms with Crippen molar-refractivity contribution in [2.24, 2.45) is 5.92 Å². The van der Waals surface area contributed by atoms with Crippen LogP contribution in [0.4, 0.5) is 0 Å². The fourth-order valence-corrected chi connectivity index (χ4v) is 3.26. The molecule has 0 saturated carbocycles. The van der Waals surface area contributed by atoms with Crippen LogP contribution in [0.2, 0.25) is 0 Å². The molecule has 1 aliphatic rings. The van der Waals surface area contributed by atoms with Gasteiger partial charge in [0.05, 0.1) is 19.0 Å². The Labute approximate surface area is 112 Å². The second kappa shape index (κ2) is 4.36. The third kappa shape index (κ3) is 1.91. The van der Waals surface area contributed by atoms with Gasteiger partial charge in [-0.15, -0.1) is 5.26 Å².